The van der Waals surface area contributed by atoms with Crippen LogP contribution in [-0.2, 0) is 9.59 Å². The fourth-order valence-corrected chi connectivity index (χ4v) is 3.29. The molecular formula is C20H18FN3O3. The van der Waals surface area contributed by atoms with Crippen LogP contribution in [0.5, 0.6) is 0 Å². The normalized spacial score (nSPS) is 16.9. The van der Waals surface area contributed by atoms with Crippen molar-refractivity contribution in [2.45, 2.75) is 20.3 Å². The van der Waals surface area contributed by atoms with Crippen LogP contribution in [0.25, 0.3) is 11.1 Å². The van der Waals surface area contributed by atoms with E-state index in [-0.39, 0.29) is 30.5 Å². The second-order valence-corrected chi connectivity index (χ2v) is 6.76. The third-order valence-electron chi connectivity index (χ3n) is 4.67. The van der Waals surface area contributed by atoms with Gasteiger partial charge in [0.25, 0.3) is 0 Å². The van der Waals surface area contributed by atoms with Crippen molar-refractivity contribution in [2.75, 3.05) is 16.8 Å². The van der Waals surface area contributed by atoms with Gasteiger partial charge in [-0.15, -0.1) is 0 Å². The van der Waals surface area contributed by atoms with Gasteiger partial charge < -0.3 is 14.6 Å². The van der Waals surface area contributed by atoms with Gasteiger partial charge in [-0.05, 0) is 42.8 Å². The summed E-state index contributed by atoms with van der Waals surface area (Å²) in [6.07, 6.45) is 0.0786. The number of carbonyl (C=O) groups is 2. The molecule has 7 heteroatoms. The molecule has 6 nitrogen and oxygen atoms in total. The van der Waals surface area contributed by atoms with E-state index in [1.54, 1.807) is 43.0 Å². The Bertz CT molecular complexity index is 1060. The summed E-state index contributed by atoms with van der Waals surface area (Å²) in [7, 11) is 0. The minimum absolute atomic E-state index is 0.0786. The predicted octanol–water partition coefficient (Wildman–Crippen LogP) is 3.58. The van der Waals surface area contributed by atoms with Crippen LogP contribution in [0.1, 0.15) is 17.9 Å². The first-order chi connectivity index (χ1) is 12.9. The van der Waals surface area contributed by atoms with Gasteiger partial charge in [-0.1, -0.05) is 6.07 Å². The summed E-state index contributed by atoms with van der Waals surface area (Å²) in [5.41, 5.74) is 2.86. The number of amides is 2. The Kier molecular flexibility index (Phi) is 4.14. The molecule has 138 valence electrons. The highest BCUT2D eigenvalue weighted by atomic mass is 19.1. The average molecular weight is 367 g/mol. The molecule has 0 radical (unpaired) electrons. The molecule has 1 aliphatic heterocycles. The summed E-state index contributed by atoms with van der Waals surface area (Å²) in [6.45, 7) is 3.77. The van der Waals surface area contributed by atoms with Crippen molar-refractivity contribution >= 4 is 34.3 Å². The molecule has 1 saturated heterocycles. The molecule has 3 aromatic rings. The molecule has 2 amide bonds. The lowest BCUT2D eigenvalue weighted by Crippen LogP contribution is -2.28. The Hall–Kier alpha value is -3.22. The van der Waals surface area contributed by atoms with Crippen LogP contribution in [0, 0.1) is 25.6 Å². The monoisotopic (exact) mass is 367 g/mol. The van der Waals surface area contributed by atoms with E-state index < -0.39 is 11.7 Å². The predicted molar refractivity (Wildman–Crippen MR) is 99.0 cm³/mol. The zero-order valence-corrected chi connectivity index (χ0v) is 15.0. The highest BCUT2D eigenvalue weighted by molar-refractivity contribution is 6.04. The SMILES string of the molecule is Cc1ccc(NC(=O)[C@@H]2CC(=O)N(c3ccc4oc(C)nc4c3)C2)c(F)c1. The summed E-state index contributed by atoms with van der Waals surface area (Å²) >= 11 is 0. The number of nitrogens with zero attached hydrogens (tertiary/aromatic N) is 2. The molecule has 0 saturated carbocycles. The lowest BCUT2D eigenvalue weighted by Gasteiger charge is -2.16. The fraction of sp³-hybridized carbons (Fsp3) is 0.250. The number of oxazole rings is 1. The van der Waals surface area contributed by atoms with Gasteiger partial charge >= 0.3 is 0 Å². The summed E-state index contributed by atoms with van der Waals surface area (Å²) in [5.74, 6) is -1.01. The number of carbonyl (C=O) groups excluding carboxylic acids is 2. The van der Waals surface area contributed by atoms with E-state index in [0.717, 1.165) is 5.56 Å². The first-order valence-electron chi connectivity index (χ1n) is 8.65. The Balaban J connectivity index is 1.51. The standard InChI is InChI=1S/C20H18FN3O3/c1-11-3-5-16(15(21)7-11)23-20(26)13-8-19(25)24(10-13)14-4-6-18-17(9-14)22-12(2)27-18/h3-7,9,13H,8,10H2,1-2H3,(H,23,26)/t13-/m1/s1. The zero-order chi connectivity index (χ0) is 19.1. The molecule has 27 heavy (non-hydrogen) atoms. The summed E-state index contributed by atoms with van der Waals surface area (Å²) in [5, 5.41) is 2.58. The van der Waals surface area contributed by atoms with Crippen LogP contribution in [0.4, 0.5) is 15.8 Å². The summed E-state index contributed by atoms with van der Waals surface area (Å²) < 4.78 is 19.4. The molecule has 0 spiro atoms. The number of aryl methyl sites for hydroxylation is 2. The van der Waals surface area contributed by atoms with Crippen LogP contribution < -0.4 is 10.2 Å². The van der Waals surface area contributed by atoms with Gasteiger partial charge in [-0.2, -0.15) is 0 Å². The van der Waals surface area contributed by atoms with Crippen LogP contribution in [-0.4, -0.2) is 23.3 Å². The summed E-state index contributed by atoms with van der Waals surface area (Å²) in [6, 6.07) is 9.90. The Morgan fingerprint density at radius 1 is 1.26 bits per heavy atom. The lowest BCUT2D eigenvalue weighted by molar-refractivity contribution is -0.122. The van der Waals surface area contributed by atoms with Crippen molar-refractivity contribution < 1.29 is 18.4 Å². The minimum Gasteiger partial charge on any atom is -0.441 e. The number of halogens is 1. The van der Waals surface area contributed by atoms with E-state index in [1.165, 1.54) is 12.1 Å². The maximum Gasteiger partial charge on any atom is 0.229 e. The van der Waals surface area contributed by atoms with E-state index in [2.05, 4.69) is 10.3 Å². The van der Waals surface area contributed by atoms with E-state index in [9.17, 15) is 14.0 Å². The van der Waals surface area contributed by atoms with E-state index >= 15 is 0 Å². The maximum absolute atomic E-state index is 14.0. The van der Waals surface area contributed by atoms with Gasteiger partial charge in [-0.25, -0.2) is 9.37 Å². The summed E-state index contributed by atoms with van der Waals surface area (Å²) in [4.78, 5) is 30.8. The molecule has 1 aliphatic rings. The number of rotatable bonds is 3. The van der Waals surface area contributed by atoms with Gasteiger partial charge in [0.15, 0.2) is 11.5 Å². The molecule has 0 bridgehead atoms. The smallest absolute Gasteiger partial charge is 0.229 e. The first-order valence-corrected chi connectivity index (χ1v) is 8.65. The van der Waals surface area contributed by atoms with Crippen molar-refractivity contribution in [1.29, 1.82) is 0 Å². The van der Waals surface area contributed by atoms with Crippen LogP contribution in [0.15, 0.2) is 40.8 Å². The zero-order valence-electron chi connectivity index (χ0n) is 15.0. The number of fused-ring (bicyclic) bond motifs is 1. The second kappa shape index (κ2) is 6.50. The van der Waals surface area contributed by atoms with Gasteiger partial charge in [0.05, 0.1) is 11.6 Å². The van der Waals surface area contributed by atoms with Gasteiger partial charge in [0.2, 0.25) is 11.8 Å². The number of benzene rings is 2. The molecule has 0 aliphatic carbocycles. The highest BCUT2D eigenvalue weighted by Gasteiger charge is 2.35. The third kappa shape index (κ3) is 3.28. The maximum atomic E-state index is 14.0. The molecule has 4 rings (SSSR count). The Morgan fingerprint density at radius 3 is 2.85 bits per heavy atom. The average Bonchev–Trinajstić information content (AvgIpc) is 3.18. The van der Waals surface area contributed by atoms with Crippen molar-refractivity contribution in [3.63, 3.8) is 0 Å². The third-order valence-corrected chi connectivity index (χ3v) is 4.67. The largest absolute Gasteiger partial charge is 0.441 e. The topological polar surface area (TPSA) is 75.4 Å². The molecule has 2 heterocycles. The van der Waals surface area contributed by atoms with Crippen molar-refractivity contribution in [3.05, 3.63) is 53.7 Å². The molecule has 1 atom stereocenters. The van der Waals surface area contributed by atoms with Gasteiger partial charge in [0, 0.05) is 25.6 Å². The molecule has 1 N–H and O–H groups in total. The molecule has 1 fully saturated rings. The number of anilines is 2. The van der Waals surface area contributed by atoms with E-state index in [4.69, 9.17) is 4.42 Å². The van der Waals surface area contributed by atoms with Crippen molar-refractivity contribution in [2.24, 2.45) is 5.92 Å². The van der Waals surface area contributed by atoms with E-state index in [0.29, 0.717) is 22.7 Å². The Labute approximate surface area is 155 Å². The van der Waals surface area contributed by atoms with Gasteiger partial charge in [0.1, 0.15) is 11.3 Å². The highest BCUT2D eigenvalue weighted by Crippen LogP contribution is 2.29. The van der Waals surface area contributed by atoms with Crippen molar-refractivity contribution in [3.8, 4) is 0 Å². The minimum atomic E-state index is -0.548. The van der Waals surface area contributed by atoms with E-state index in [1.807, 2.05) is 0 Å². The second-order valence-electron chi connectivity index (χ2n) is 6.76. The molecule has 1 aromatic heterocycles. The number of hydrogen-bond acceptors (Lipinski definition) is 4. The number of aromatic nitrogens is 1. The lowest BCUT2D eigenvalue weighted by atomic mass is 10.1. The Morgan fingerprint density at radius 2 is 2.07 bits per heavy atom. The number of hydrogen-bond donors (Lipinski definition) is 1. The molecular weight excluding hydrogens is 349 g/mol. The molecule has 0 unspecified atom stereocenters. The quantitative estimate of drug-likeness (QED) is 0.768. The number of nitrogens with one attached hydrogen (secondary N) is 1. The van der Waals surface area contributed by atoms with Crippen LogP contribution in [0.2, 0.25) is 0 Å². The molecule has 2 aromatic carbocycles. The van der Waals surface area contributed by atoms with Crippen LogP contribution in [0.3, 0.4) is 0 Å². The van der Waals surface area contributed by atoms with Crippen LogP contribution >= 0.6 is 0 Å². The fourth-order valence-electron chi connectivity index (χ4n) is 3.29. The van der Waals surface area contributed by atoms with Crippen molar-refractivity contribution in [1.82, 2.24) is 4.98 Å². The van der Waals surface area contributed by atoms with Gasteiger partial charge in [-0.3, -0.25) is 9.59 Å². The first kappa shape index (κ1) is 17.2.